The smallest absolute Gasteiger partial charge is 0.113 e. The van der Waals surface area contributed by atoms with Gasteiger partial charge in [-0.05, 0) is 18.2 Å². The van der Waals surface area contributed by atoms with Gasteiger partial charge in [-0.25, -0.2) is 0 Å². The van der Waals surface area contributed by atoms with E-state index < -0.39 is 0 Å². The van der Waals surface area contributed by atoms with E-state index in [-0.39, 0.29) is 0 Å². The zero-order valence-corrected chi connectivity index (χ0v) is 10.1. The first-order valence-electron chi connectivity index (χ1n) is 5.81. The molecule has 0 heterocycles. The molecule has 0 atom stereocenters. The Morgan fingerprint density at radius 2 is 1.35 bits per heavy atom. The predicted molar refractivity (Wildman–Crippen MR) is 73.4 cm³/mol. The van der Waals surface area contributed by atoms with Crippen LogP contribution < -0.4 is 5.46 Å². The van der Waals surface area contributed by atoms with Gasteiger partial charge >= 0.3 is 0 Å². The number of hydrogen-bond acceptors (Lipinski definition) is 1. The van der Waals surface area contributed by atoms with Crippen molar-refractivity contribution in [2.45, 2.75) is 13.1 Å². The fraction of sp³-hybridized carbons (Fsp3) is 0.200. The van der Waals surface area contributed by atoms with Crippen molar-refractivity contribution in [3.05, 3.63) is 65.7 Å². The minimum atomic E-state index is 0.819. The van der Waals surface area contributed by atoms with Crippen LogP contribution in [0.1, 0.15) is 11.1 Å². The average Bonchev–Trinajstić information content (AvgIpc) is 2.33. The number of benzene rings is 2. The second kappa shape index (κ2) is 5.69. The minimum Gasteiger partial charge on any atom is -0.298 e. The minimum absolute atomic E-state index is 0.819. The van der Waals surface area contributed by atoms with E-state index in [4.69, 9.17) is 7.85 Å². The standard InChI is InChI=1S/C15H16BN/c1-17(11-13-5-3-2-4-6-13)12-14-7-9-15(16)10-8-14/h2-10H,11-12H2,1H3. The third-order valence-corrected chi connectivity index (χ3v) is 2.73. The first-order valence-corrected chi connectivity index (χ1v) is 5.81. The Morgan fingerprint density at radius 3 is 1.94 bits per heavy atom. The molecule has 0 saturated carbocycles. The summed E-state index contributed by atoms with van der Waals surface area (Å²) in [7, 11) is 7.80. The monoisotopic (exact) mass is 221 g/mol. The Hall–Kier alpha value is -1.54. The van der Waals surface area contributed by atoms with Crippen LogP contribution >= 0.6 is 0 Å². The van der Waals surface area contributed by atoms with E-state index in [0.717, 1.165) is 18.6 Å². The quantitative estimate of drug-likeness (QED) is 0.714. The Bertz CT molecular complexity index is 450. The maximum absolute atomic E-state index is 5.67. The number of rotatable bonds is 4. The lowest BCUT2D eigenvalue weighted by Gasteiger charge is -2.16. The van der Waals surface area contributed by atoms with Crippen molar-refractivity contribution in [1.29, 1.82) is 0 Å². The molecule has 0 aliphatic rings. The highest BCUT2D eigenvalue weighted by Gasteiger charge is 2.01. The van der Waals surface area contributed by atoms with Crippen LogP contribution in [0.25, 0.3) is 0 Å². The Kier molecular flexibility index (Phi) is 4.00. The van der Waals surface area contributed by atoms with Gasteiger partial charge in [0.2, 0.25) is 0 Å². The van der Waals surface area contributed by atoms with Crippen molar-refractivity contribution in [1.82, 2.24) is 4.90 Å². The molecule has 2 radical (unpaired) electrons. The molecular formula is C15H16BN. The zero-order chi connectivity index (χ0) is 12.1. The molecule has 2 aromatic carbocycles. The van der Waals surface area contributed by atoms with Gasteiger partial charge in [-0.3, -0.25) is 4.90 Å². The molecule has 0 amide bonds. The summed E-state index contributed by atoms with van der Waals surface area (Å²) in [5, 5.41) is 0. The zero-order valence-electron chi connectivity index (χ0n) is 10.1. The molecule has 0 aliphatic heterocycles. The summed E-state index contributed by atoms with van der Waals surface area (Å²) in [4.78, 5) is 2.29. The highest BCUT2D eigenvalue weighted by atomic mass is 15.1. The van der Waals surface area contributed by atoms with Gasteiger partial charge < -0.3 is 0 Å². The second-order valence-electron chi connectivity index (χ2n) is 4.40. The fourth-order valence-electron chi connectivity index (χ4n) is 1.89. The summed E-state index contributed by atoms with van der Waals surface area (Å²) >= 11 is 0. The lowest BCUT2D eigenvalue weighted by molar-refractivity contribution is 0.319. The highest BCUT2D eigenvalue weighted by Crippen LogP contribution is 2.06. The molecule has 0 spiro atoms. The van der Waals surface area contributed by atoms with E-state index in [1.165, 1.54) is 11.1 Å². The van der Waals surface area contributed by atoms with Gasteiger partial charge in [-0.15, -0.1) is 0 Å². The molecule has 84 valence electrons. The van der Waals surface area contributed by atoms with Crippen LogP contribution in [0.5, 0.6) is 0 Å². The van der Waals surface area contributed by atoms with Crippen molar-refractivity contribution in [2.75, 3.05) is 7.05 Å². The predicted octanol–water partition coefficient (Wildman–Crippen LogP) is 2.11. The number of nitrogens with zero attached hydrogens (tertiary/aromatic N) is 1. The van der Waals surface area contributed by atoms with Crippen LogP contribution in [0.3, 0.4) is 0 Å². The van der Waals surface area contributed by atoms with Gasteiger partial charge in [-0.2, -0.15) is 0 Å². The van der Waals surface area contributed by atoms with Crippen molar-refractivity contribution >= 4 is 13.3 Å². The van der Waals surface area contributed by atoms with Crippen LogP contribution in [0.15, 0.2) is 54.6 Å². The first-order chi connectivity index (χ1) is 8.24. The number of hydrogen-bond donors (Lipinski definition) is 0. The van der Waals surface area contributed by atoms with Crippen LogP contribution in [-0.2, 0) is 13.1 Å². The molecule has 0 unspecified atom stereocenters. The van der Waals surface area contributed by atoms with Gasteiger partial charge in [0.25, 0.3) is 0 Å². The molecule has 1 nitrogen and oxygen atoms in total. The molecule has 2 rings (SSSR count). The van der Waals surface area contributed by atoms with Gasteiger partial charge in [0.15, 0.2) is 0 Å². The molecule has 2 heteroatoms. The summed E-state index contributed by atoms with van der Waals surface area (Å²) in [6.45, 7) is 1.90. The molecular weight excluding hydrogens is 205 g/mol. The van der Waals surface area contributed by atoms with E-state index in [1.54, 1.807) is 0 Å². The van der Waals surface area contributed by atoms with E-state index in [0.29, 0.717) is 0 Å². The maximum atomic E-state index is 5.67. The lowest BCUT2D eigenvalue weighted by Crippen LogP contribution is -2.17. The first kappa shape index (κ1) is 11.9. The van der Waals surface area contributed by atoms with Gasteiger partial charge in [0.05, 0.1) is 0 Å². The van der Waals surface area contributed by atoms with Gasteiger partial charge in [0.1, 0.15) is 7.85 Å². The Morgan fingerprint density at radius 1 is 0.824 bits per heavy atom. The summed E-state index contributed by atoms with van der Waals surface area (Å²) in [6, 6.07) is 18.6. The lowest BCUT2D eigenvalue weighted by atomic mass is 9.95. The van der Waals surface area contributed by atoms with Crippen LogP contribution in [0.4, 0.5) is 0 Å². The van der Waals surface area contributed by atoms with Crippen molar-refractivity contribution in [2.24, 2.45) is 0 Å². The van der Waals surface area contributed by atoms with E-state index >= 15 is 0 Å². The van der Waals surface area contributed by atoms with Crippen molar-refractivity contribution in [3.63, 3.8) is 0 Å². The van der Waals surface area contributed by atoms with Crippen LogP contribution in [-0.4, -0.2) is 19.8 Å². The second-order valence-corrected chi connectivity index (χ2v) is 4.40. The third kappa shape index (κ3) is 3.75. The summed E-state index contributed by atoms with van der Waals surface area (Å²) in [5.74, 6) is 0. The Labute approximate surface area is 104 Å². The molecule has 0 aromatic heterocycles. The molecule has 0 bridgehead atoms. The van der Waals surface area contributed by atoms with Crippen LogP contribution in [0, 0.1) is 0 Å². The SMILES string of the molecule is [B]c1ccc(CN(C)Cc2ccccc2)cc1. The Balaban J connectivity index is 1.93. The van der Waals surface area contributed by atoms with Crippen LogP contribution in [0.2, 0.25) is 0 Å². The van der Waals surface area contributed by atoms with E-state index in [9.17, 15) is 0 Å². The van der Waals surface area contributed by atoms with Crippen molar-refractivity contribution < 1.29 is 0 Å². The maximum Gasteiger partial charge on any atom is 0.113 e. The average molecular weight is 221 g/mol. The summed E-state index contributed by atoms with van der Waals surface area (Å²) in [5.41, 5.74) is 3.45. The van der Waals surface area contributed by atoms with Crippen molar-refractivity contribution in [3.8, 4) is 0 Å². The summed E-state index contributed by atoms with van der Waals surface area (Å²) in [6.07, 6.45) is 0. The molecule has 0 aliphatic carbocycles. The van der Waals surface area contributed by atoms with E-state index in [2.05, 4.69) is 48.3 Å². The summed E-state index contributed by atoms with van der Waals surface area (Å²) < 4.78 is 0. The third-order valence-electron chi connectivity index (χ3n) is 2.73. The fourth-order valence-corrected chi connectivity index (χ4v) is 1.89. The highest BCUT2D eigenvalue weighted by molar-refractivity contribution is 6.32. The molecule has 2 aromatic rings. The molecule has 0 fully saturated rings. The molecule has 0 saturated heterocycles. The molecule has 17 heavy (non-hydrogen) atoms. The van der Waals surface area contributed by atoms with Gasteiger partial charge in [0, 0.05) is 13.1 Å². The van der Waals surface area contributed by atoms with E-state index in [1.807, 2.05) is 18.2 Å². The largest absolute Gasteiger partial charge is 0.298 e. The molecule has 0 N–H and O–H groups in total. The normalized spacial score (nSPS) is 10.7. The van der Waals surface area contributed by atoms with Gasteiger partial charge in [-0.1, -0.05) is 60.1 Å². The topological polar surface area (TPSA) is 3.24 Å².